The van der Waals surface area contributed by atoms with Crippen LogP contribution in [-0.2, 0) is 0 Å². The Morgan fingerprint density at radius 2 is 1.44 bits per heavy atom. The zero-order valence-electron chi connectivity index (χ0n) is 4.94. The fraction of sp³-hybridized carbons (Fsp3) is 0.667. The monoisotopic (exact) mass is 131 g/mol. The normalized spacial score (nSPS) is 10.0. The van der Waals surface area contributed by atoms with Crippen molar-refractivity contribution in [3.05, 3.63) is 6.92 Å². The molecular formula is C3H9B2O4. The molecule has 4 nitrogen and oxygen atoms in total. The highest BCUT2D eigenvalue weighted by atomic mass is 16.4. The van der Waals surface area contributed by atoms with Crippen molar-refractivity contribution in [3.63, 3.8) is 0 Å². The molecule has 51 valence electrons. The lowest BCUT2D eigenvalue weighted by Gasteiger charge is -2.10. The minimum absolute atomic E-state index is 0.0787. The van der Waals surface area contributed by atoms with Crippen molar-refractivity contribution < 1.29 is 20.1 Å². The smallest absolute Gasteiger partial charge is 0.427 e. The Balaban J connectivity index is 3.68. The summed E-state index contributed by atoms with van der Waals surface area (Å²) in [7, 11) is -3.41. The van der Waals surface area contributed by atoms with Gasteiger partial charge in [0.05, 0.1) is 0 Å². The van der Waals surface area contributed by atoms with Gasteiger partial charge in [-0.25, -0.2) is 0 Å². The second kappa shape index (κ2) is 3.90. The van der Waals surface area contributed by atoms with Gasteiger partial charge in [-0.15, -0.1) is 0 Å². The molecule has 0 spiro atoms. The van der Waals surface area contributed by atoms with Crippen LogP contribution < -0.4 is 0 Å². The first-order valence-electron chi connectivity index (χ1n) is 2.61. The molecule has 0 aromatic rings. The molecule has 0 aliphatic carbocycles. The average molecular weight is 131 g/mol. The van der Waals surface area contributed by atoms with Crippen LogP contribution in [0, 0.1) is 6.92 Å². The summed E-state index contributed by atoms with van der Waals surface area (Å²) >= 11 is 0. The summed E-state index contributed by atoms with van der Waals surface area (Å²) in [5.41, 5.74) is -0.968. The van der Waals surface area contributed by atoms with Crippen LogP contribution in [0.3, 0.4) is 0 Å². The Kier molecular flexibility index (Phi) is 3.88. The van der Waals surface area contributed by atoms with E-state index in [1.807, 2.05) is 0 Å². The lowest BCUT2D eigenvalue weighted by atomic mass is 9.51. The van der Waals surface area contributed by atoms with Gasteiger partial charge >= 0.3 is 14.2 Å². The van der Waals surface area contributed by atoms with Gasteiger partial charge in [-0.2, -0.15) is 0 Å². The maximum absolute atomic E-state index is 8.38. The lowest BCUT2D eigenvalue weighted by molar-refractivity contribution is 0.358. The summed E-state index contributed by atoms with van der Waals surface area (Å²) < 4.78 is 0. The van der Waals surface area contributed by atoms with Crippen LogP contribution in [0.4, 0.5) is 0 Å². The molecule has 0 aromatic heterocycles. The maximum Gasteiger partial charge on any atom is 0.452 e. The Morgan fingerprint density at radius 3 is 1.44 bits per heavy atom. The van der Waals surface area contributed by atoms with E-state index in [4.69, 9.17) is 20.1 Å². The van der Waals surface area contributed by atoms with Gasteiger partial charge in [-0.05, 0) is 0 Å². The largest absolute Gasteiger partial charge is 0.452 e. The Hall–Kier alpha value is -0.0301. The van der Waals surface area contributed by atoms with Gasteiger partial charge in [-0.3, -0.25) is 0 Å². The third-order valence-electron chi connectivity index (χ3n) is 1.10. The summed E-state index contributed by atoms with van der Waals surface area (Å²) in [5.74, 6) is 0. The van der Waals surface area contributed by atoms with Crippen molar-refractivity contribution in [2.45, 2.75) is 12.1 Å². The van der Waals surface area contributed by atoms with Crippen LogP contribution >= 0.6 is 0 Å². The molecule has 0 aromatic carbocycles. The van der Waals surface area contributed by atoms with Gasteiger partial charge in [0.25, 0.3) is 0 Å². The highest BCUT2D eigenvalue weighted by molar-refractivity contribution is 6.64. The van der Waals surface area contributed by atoms with E-state index in [0.717, 1.165) is 0 Å². The summed E-state index contributed by atoms with van der Waals surface area (Å²) in [4.78, 5) is 0. The number of hydrogen-bond donors (Lipinski definition) is 4. The second-order valence-corrected chi connectivity index (χ2v) is 1.78. The van der Waals surface area contributed by atoms with E-state index in [0.29, 0.717) is 0 Å². The number of hydrogen-bond acceptors (Lipinski definition) is 4. The molecule has 6 heteroatoms. The topological polar surface area (TPSA) is 80.9 Å². The fourth-order valence-electron chi connectivity index (χ4n) is 0.452. The van der Waals surface area contributed by atoms with Gasteiger partial charge in [-0.1, -0.05) is 13.3 Å². The maximum atomic E-state index is 8.38. The van der Waals surface area contributed by atoms with E-state index in [1.165, 1.54) is 0 Å². The summed E-state index contributed by atoms with van der Waals surface area (Å²) in [6, 6.07) is 0. The molecule has 0 amide bonds. The van der Waals surface area contributed by atoms with Crippen molar-refractivity contribution in [1.82, 2.24) is 0 Å². The fourth-order valence-corrected chi connectivity index (χ4v) is 0.452. The van der Waals surface area contributed by atoms with Crippen molar-refractivity contribution in [3.8, 4) is 0 Å². The molecule has 0 unspecified atom stereocenters. The van der Waals surface area contributed by atoms with Gasteiger partial charge in [0.1, 0.15) is 0 Å². The summed E-state index contributed by atoms with van der Waals surface area (Å²) in [6.07, 6.45) is 0.0787. The van der Waals surface area contributed by atoms with Crippen LogP contribution in [0.2, 0.25) is 5.72 Å². The summed E-state index contributed by atoms with van der Waals surface area (Å²) in [6.45, 7) is 3.29. The first-order chi connectivity index (χ1) is 4.09. The average Bonchev–Trinajstić information content (AvgIpc) is 1.64. The molecule has 0 fully saturated rings. The first kappa shape index (κ1) is 8.97. The van der Waals surface area contributed by atoms with Crippen molar-refractivity contribution in [2.75, 3.05) is 0 Å². The van der Waals surface area contributed by atoms with Crippen LogP contribution in [0.25, 0.3) is 0 Å². The van der Waals surface area contributed by atoms with E-state index < -0.39 is 20.0 Å². The van der Waals surface area contributed by atoms with Crippen molar-refractivity contribution in [2.24, 2.45) is 0 Å². The van der Waals surface area contributed by atoms with Crippen LogP contribution in [0.15, 0.2) is 0 Å². The van der Waals surface area contributed by atoms with Crippen LogP contribution in [-0.4, -0.2) is 34.3 Å². The molecule has 0 bridgehead atoms. The van der Waals surface area contributed by atoms with E-state index in [1.54, 1.807) is 0 Å². The van der Waals surface area contributed by atoms with Crippen molar-refractivity contribution >= 4 is 14.2 Å². The van der Waals surface area contributed by atoms with Gasteiger partial charge in [0, 0.05) is 5.72 Å². The standard InChI is InChI=1S/C3H9B2O4/c1-2-3(4(6)7)5(8)9/h3,6-9H,1-2H2. The minimum Gasteiger partial charge on any atom is -0.427 e. The van der Waals surface area contributed by atoms with Crippen LogP contribution in [0.1, 0.15) is 6.42 Å². The summed E-state index contributed by atoms with van der Waals surface area (Å²) in [5, 5.41) is 33.5. The lowest BCUT2D eigenvalue weighted by Crippen LogP contribution is -2.33. The van der Waals surface area contributed by atoms with E-state index in [9.17, 15) is 0 Å². The zero-order chi connectivity index (χ0) is 7.44. The SMILES string of the molecule is [CH2]CC(B(O)O)B(O)O. The van der Waals surface area contributed by atoms with Crippen LogP contribution in [0.5, 0.6) is 0 Å². The molecule has 0 aliphatic heterocycles. The Labute approximate surface area is 54.4 Å². The predicted octanol–water partition coefficient (Wildman–Crippen LogP) is -1.93. The van der Waals surface area contributed by atoms with Gasteiger partial charge in [0.2, 0.25) is 0 Å². The second-order valence-electron chi connectivity index (χ2n) is 1.78. The third-order valence-corrected chi connectivity index (χ3v) is 1.10. The third kappa shape index (κ3) is 2.86. The molecular weight excluding hydrogens is 122 g/mol. The zero-order valence-corrected chi connectivity index (χ0v) is 4.94. The molecule has 4 N–H and O–H groups in total. The first-order valence-corrected chi connectivity index (χ1v) is 2.61. The van der Waals surface area contributed by atoms with E-state index >= 15 is 0 Å². The molecule has 0 rings (SSSR count). The molecule has 0 aliphatic rings. The Morgan fingerprint density at radius 1 is 1.11 bits per heavy atom. The molecule has 0 heterocycles. The highest BCUT2D eigenvalue weighted by Gasteiger charge is 2.32. The van der Waals surface area contributed by atoms with E-state index in [-0.39, 0.29) is 6.42 Å². The Bertz CT molecular complexity index is 68.2. The van der Waals surface area contributed by atoms with Gasteiger partial charge < -0.3 is 20.1 Å². The molecule has 0 saturated carbocycles. The molecule has 0 atom stereocenters. The predicted molar refractivity (Wildman–Crippen MR) is 34.1 cm³/mol. The molecule has 1 radical (unpaired) electrons. The highest BCUT2D eigenvalue weighted by Crippen LogP contribution is 2.11. The number of rotatable bonds is 3. The quantitative estimate of drug-likeness (QED) is 0.336. The molecule has 0 saturated heterocycles. The van der Waals surface area contributed by atoms with Crippen molar-refractivity contribution in [1.29, 1.82) is 0 Å². The van der Waals surface area contributed by atoms with Gasteiger partial charge in [0.15, 0.2) is 0 Å². The molecule has 9 heavy (non-hydrogen) atoms. The van der Waals surface area contributed by atoms with E-state index in [2.05, 4.69) is 6.92 Å². The minimum atomic E-state index is -1.71.